The maximum absolute atomic E-state index is 9.22. The molecular weight excluding hydrogens is 176 g/mol. The number of nitrogens with zero attached hydrogens (tertiary/aromatic N) is 1. The summed E-state index contributed by atoms with van der Waals surface area (Å²) in [5.74, 6) is 0.492. The fraction of sp³-hybridized carbons (Fsp3) is 1.00. The number of aliphatic hydroxyl groups excluding tert-OH is 1. The van der Waals surface area contributed by atoms with Crippen LogP contribution in [0.4, 0.5) is 0 Å². The molecule has 0 aromatic carbocycles. The van der Waals surface area contributed by atoms with E-state index in [1.165, 1.54) is 25.7 Å². The van der Waals surface area contributed by atoms with Crippen molar-refractivity contribution in [3.8, 4) is 0 Å². The number of aliphatic hydroxyl groups is 1. The molecule has 3 nitrogen and oxygen atoms in total. The molecule has 1 fully saturated rings. The highest BCUT2D eigenvalue weighted by atomic mass is 16.3. The van der Waals surface area contributed by atoms with Gasteiger partial charge in [0, 0.05) is 25.7 Å². The average Bonchev–Trinajstić information content (AvgIpc) is 2.18. The van der Waals surface area contributed by atoms with Gasteiger partial charge < -0.3 is 15.3 Å². The van der Waals surface area contributed by atoms with E-state index in [1.54, 1.807) is 0 Å². The summed E-state index contributed by atoms with van der Waals surface area (Å²) < 4.78 is 0. The van der Waals surface area contributed by atoms with Crippen LogP contribution in [0.3, 0.4) is 0 Å². The summed E-state index contributed by atoms with van der Waals surface area (Å²) in [6.07, 6.45) is 5.03. The van der Waals surface area contributed by atoms with E-state index in [-0.39, 0.29) is 0 Å². The first-order chi connectivity index (χ1) is 6.74. The van der Waals surface area contributed by atoms with Gasteiger partial charge in [-0.2, -0.15) is 0 Å². The van der Waals surface area contributed by atoms with Crippen molar-refractivity contribution in [3.05, 3.63) is 0 Å². The Labute approximate surface area is 87.5 Å². The van der Waals surface area contributed by atoms with Gasteiger partial charge in [0.1, 0.15) is 0 Å². The lowest BCUT2D eigenvalue weighted by atomic mass is 9.85. The first-order valence-electron chi connectivity index (χ1n) is 5.73. The largest absolute Gasteiger partial charge is 0.396 e. The number of hydrogen-bond acceptors (Lipinski definition) is 3. The van der Waals surface area contributed by atoms with Gasteiger partial charge in [-0.1, -0.05) is 12.8 Å². The number of nitrogens with one attached hydrogen (secondary N) is 1. The number of hydrogen-bond donors (Lipinski definition) is 2. The summed E-state index contributed by atoms with van der Waals surface area (Å²) >= 11 is 0. The summed E-state index contributed by atoms with van der Waals surface area (Å²) in [5, 5.41) is 12.8. The van der Waals surface area contributed by atoms with Crippen molar-refractivity contribution in [1.29, 1.82) is 0 Å². The van der Waals surface area contributed by atoms with Crippen LogP contribution in [0.15, 0.2) is 0 Å². The molecule has 0 heterocycles. The molecule has 0 aromatic rings. The van der Waals surface area contributed by atoms with Gasteiger partial charge >= 0.3 is 0 Å². The Bertz CT molecular complexity index is 150. The molecule has 0 amide bonds. The predicted octanol–water partition coefficient (Wildman–Crippen LogP) is 0.689. The normalized spacial score (nSPS) is 28.3. The van der Waals surface area contributed by atoms with Gasteiger partial charge in [-0.3, -0.25) is 0 Å². The molecule has 1 aliphatic rings. The van der Waals surface area contributed by atoms with Gasteiger partial charge in [-0.15, -0.1) is 0 Å². The summed E-state index contributed by atoms with van der Waals surface area (Å²) in [4.78, 5) is 2.18. The van der Waals surface area contributed by atoms with Crippen molar-refractivity contribution in [2.45, 2.75) is 31.7 Å². The first kappa shape index (κ1) is 12.0. The van der Waals surface area contributed by atoms with Crippen LogP contribution < -0.4 is 5.32 Å². The lowest BCUT2D eigenvalue weighted by molar-refractivity contribution is 0.152. The minimum atomic E-state index is 0.347. The molecule has 2 atom stereocenters. The Morgan fingerprint density at radius 3 is 2.64 bits per heavy atom. The van der Waals surface area contributed by atoms with Crippen molar-refractivity contribution in [2.24, 2.45) is 5.92 Å². The first-order valence-corrected chi connectivity index (χ1v) is 5.73. The Hall–Kier alpha value is -0.120. The second kappa shape index (κ2) is 6.38. The molecule has 1 aliphatic carbocycles. The van der Waals surface area contributed by atoms with Gasteiger partial charge in [0.15, 0.2) is 0 Å². The maximum Gasteiger partial charge on any atom is 0.0474 e. The number of rotatable bonds is 5. The molecule has 1 rings (SSSR count). The van der Waals surface area contributed by atoms with E-state index >= 15 is 0 Å². The smallest absolute Gasteiger partial charge is 0.0474 e. The zero-order chi connectivity index (χ0) is 10.4. The van der Waals surface area contributed by atoms with Crippen LogP contribution in [0.1, 0.15) is 25.7 Å². The lowest BCUT2D eigenvalue weighted by Gasteiger charge is -2.31. The zero-order valence-corrected chi connectivity index (χ0v) is 9.50. The van der Waals surface area contributed by atoms with Crippen LogP contribution in [-0.2, 0) is 0 Å². The SMILES string of the molecule is CN(C)CCNC1CCCCC1CO. The van der Waals surface area contributed by atoms with E-state index in [1.807, 2.05) is 0 Å². The third-order valence-corrected chi connectivity index (χ3v) is 3.11. The highest BCUT2D eigenvalue weighted by Gasteiger charge is 2.23. The van der Waals surface area contributed by atoms with Gasteiger partial charge in [0.2, 0.25) is 0 Å². The third-order valence-electron chi connectivity index (χ3n) is 3.11. The van der Waals surface area contributed by atoms with Gasteiger partial charge in [-0.25, -0.2) is 0 Å². The predicted molar refractivity (Wildman–Crippen MR) is 59.4 cm³/mol. The molecule has 0 bridgehead atoms. The van der Waals surface area contributed by atoms with E-state index in [4.69, 9.17) is 0 Å². The molecule has 0 saturated heterocycles. The van der Waals surface area contributed by atoms with E-state index in [2.05, 4.69) is 24.3 Å². The molecule has 84 valence electrons. The Balaban J connectivity index is 2.19. The van der Waals surface area contributed by atoms with Crippen molar-refractivity contribution >= 4 is 0 Å². The Morgan fingerprint density at radius 1 is 1.29 bits per heavy atom. The van der Waals surface area contributed by atoms with E-state index < -0.39 is 0 Å². The average molecular weight is 200 g/mol. The molecule has 14 heavy (non-hydrogen) atoms. The quantitative estimate of drug-likeness (QED) is 0.685. The monoisotopic (exact) mass is 200 g/mol. The fourth-order valence-corrected chi connectivity index (χ4v) is 2.17. The summed E-state index contributed by atoms with van der Waals surface area (Å²) in [6, 6.07) is 0.550. The minimum Gasteiger partial charge on any atom is -0.396 e. The summed E-state index contributed by atoms with van der Waals surface area (Å²) in [6.45, 7) is 2.46. The minimum absolute atomic E-state index is 0.347. The van der Waals surface area contributed by atoms with Crippen LogP contribution in [0, 0.1) is 5.92 Å². The molecule has 1 saturated carbocycles. The Kier molecular flexibility index (Phi) is 5.45. The maximum atomic E-state index is 9.22. The van der Waals surface area contributed by atoms with E-state index in [0.29, 0.717) is 18.6 Å². The Morgan fingerprint density at radius 2 is 2.00 bits per heavy atom. The standard InChI is InChI=1S/C11H24N2O/c1-13(2)8-7-12-11-6-4-3-5-10(11)9-14/h10-12,14H,3-9H2,1-2H3. The van der Waals surface area contributed by atoms with Gasteiger partial charge in [0.05, 0.1) is 0 Å². The van der Waals surface area contributed by atoms with Crippen molar-refractivity contribution in [2.75, 3.05) is 33.8 Å². The number of likely N-dealkylation sites (N-methyl/N-ethyl adjacent to an activating group) is 1. The molecule has 3 heteroatoms. The van der Waals surface area contributed by atoms with Crippen LogP contribution >= 0.6 is 0 Å². The molecule has 0 aliphatic heterocycles. The molecule has 0 radical (unpaired) electrons. The van der Waals surface area contributed by atoms with Crippen LogP contribution in [0.25, 0.3) is 0 Å². The van der Waals surface area contributed by atoms with Crippen molar-refractivity contribution < 1.29 is 5.11 Å². The second-order valence-electron chi connectivity index (χ2n) is 4.59. The third kappa shape index (κ3) is 3.95. The van der Waals surface area contributed by atoms with E-state index in [0.717, 1.165) is 13.1 Å². The summed E-state index contributed by atoms with van der Waals surface area (Å²) in [5.41, 5.74) is 0. The topological polar surface area (TPSA) is 35.5 Å². The lowest BCUT2D eigenvalue weighted by Crippen LogP contribution is -2.42. The van der Waals surface area contributed by atoms with Gasteiger partial charge in [0.25, 0.3) is 0 Å². The van der Waals surface area contributed by atoms with Crippen LogP contribution in [0.2, 0.25) is 0 Å². The van der Waals surface area contributed by atoms with Crippen LogP contribution in [-0.4, -0.2) is 49.8 Å². The van der Waals surface area contributed by atoms with Crippen LogP contribution in [0.5, 0.6) is 0 Å². The highest BCUT2D eigenvalue weighted by molar-refractivity contribution is 4.80. The molecule has 0 spiro atoms. The van der Waals surface area contributed by atoms with Crippen molar-refractivity contribution in [3.63, 3.8) is 0 Å². The second-order valence-corrected chi connectivity index (χ2v) is 4.59. The van der Waals surface area contributed by atoms with Crippen molar-refractivity contribution in [1.82, 2.24) is 10.2 Å². The van der Waals surface area contributed by atoms with Gasteiger partial charge in [-0.05, 0) is 32.9 Å². The van der Waals surface area contributed by atoms with E-state index in [9.17, 15) is 5.11 Å². The molecule has 2 unspecified atom stereocenters. The molecular formula is C11H24N2O. The highest BCUT2D eigenvalue weighted by Crippen LogP contribution is 2.23. The molecule has 0 aromatic heterocycles. The summed E-state index contributed by atoms with van der Waals surface area (Å²) in [7, 11) is 4.18. The zero-order valence-electron chi connectivity index (χ0n) is 9.50. The molecule has 2 N–H and O–H groups in total. The fourth-order valence-electron chi connectivity index (χ4n) is 2.17.